The van der Waals surface area contributed by atoms with Gasteiger partial charge in [-0.15, -0.1) is 0 Å². The number of carbonyl (C=O) groups excluding carboxylic acids is 1. The molecule has 0 spiro atoms. The van der Waals surface area contributed by atoms with Crippen LogP contribution in [0.15, 0.2) is 53.5 Å². The number of benzene rings is 2. The Morgan fingerprint density at radius 3 is 2.38 bits per heavy atom. The molecule has 1 heterocycles. The van der Waals surface area contributed by atoms with E-state index in [-0.39, 0.29) is 17.0 Å². The van der Waals surface area contributed by atoms with E-state index in [1.807, 2.05) is 0 Å². The number of anilines is 1. The van der Waals surface area contributed by atoms with Crippen molar-refractivity contribution in [2.75, 3.05) is 11.9 Å². The first-order valence-corrected chi connectivity index (χ1v) is 7.05. The summed E-state index contributed by atoms with van der Waals surface area (Å²) < 4.78 is 53.3. The van der Waals surface area contributed by atoms with E-state index in [1.54, 1.807) is 30.3 Å². The highest BCUT2D eigenvalue weighted by Crippen LogP contribution is 2.35. The Hall–Kier alpha value is -2.70. The minimum atomic E-state index is -4.55. The number of alkyl halides is 4. The molecule has 1 atom stereocenters. The highest BCUT2D eigenvalue weighted by atomic mass is 19.4. The van der Waals surface area contributed by atoms with Crippen molar-refractivity contribution in [3.05, 3.63) is 65.2 Å². The number of halogens is 4. The average Bonchev–Trinajstić information content (AvgIpc) is 2.65. The van der Waals surface area contributed by atoms with Crippen LogP contribution in [0.25, 0.3) is 0 Å². The summed E-state index contributed by atoms with van der Waals surface area (Å²) in [5, 5.41) is 0. The maximum atomic E-state index is 14.1. The molecule has 0 N–H and O–H groups in total. The molecule has 1 unspecified atom stereocenters. The van der Waals surface area contributed by atoms with Crippen LogP contribution in [0, 0.1) is 0 Å². The number of benzodiazepines with no additional fused rings is 1. The molecule has 3 rings (SSSR count). The molecule has 3 nitrogen and oxygen atoms in total. The average molecular weight is 336 g/mol. The van der Waals surface area contributed by atoms with E-state index in [0.717, 1.165) is 23.1 Å². The zero-order chi connectivity index (χ0) is 17.5. The summed E-state index contributed by atoms with van der Waals surface area (Å²) >= 11 is 0. The molecular weight excluding hydrogens is 324 g/mol. The van der Waals surface area contributed by atoms with E-state index in [1.165, 1.54) is 7.05 Å². The van der Waals surface area contributed by atoms with Gasteiger partial charge in [0.25, 0.3) is 12.2 Å². The Kier molecular flexibility index (Phi) is 3.87. The maximum Gasteiger partial charge on any atom is 0.416 e. The fourth-order valence-electron chi connectivity index (χ4n) is 2.54. The predicted molar refractivity (Wildman–Crippen MR) is 81.8 cm³/mol. The van der Waals surface area contributed by atoms with Crippen LogP contribution in [-0.4, -0.2) is 25.0 Å². The van der Waals surface area contributed by atoms with Gasteiger partial charge in [-0.05, 0) is 18.2 Å². The molecule has 1 amide bonds. The van der Waals surface area contributed by atoms with Gasteiger partial charge >= 0.3 is 6.18 Å². The van der Waals surface area contributed by atoms with E-state index in [4.69, 9.17) is 0 Å². The Morgan fingerprint density at radius 1 is 1.08 bits per heavy atom. The van der Waals surface area contributed by atoms with Gasteiger partial charge in [0.2, 0.25) is 0 Å². The normalized spacial score (nSPS) is 18.0. The summed E-state index contributed by atoms with van der Waals surface area (Å²) in [6.07, 6.45) is -6.73. The molecule has 1 aliphatic rings. The number of aliphatic imine (C=N–C) groups is 1. The summed E-state index contributed by atoms with van der Waals surface area (Å²) in [5.74, 6) is -0.929. The van der Waals surface area contributed by atoms with Gasteiger partial charge in [-0.1, -0.05) is 30.3 Å². The molecule has 0 aromatic heterocycles. The van der Waals surface area contributed by atoms with E-state index < -0.39 is 23.9 Å². The van der Waals surface area contributed by atoms with Crippen molar-refractivity contribution in [3.63, 3.8) is 0 Å². The van der Waals surface area contributed by atoms with Crippen LogP contribution in [0.5, 0.6) is 0 Å². The molecule has 2 aromatic rings. The first-order valence-electron chi connectivity index (χ1n) is 7.05. The van der Waals surface area contributed by atoms with Crippen LogP contribution >= 0.6 is 0 Å². The van der Waals surface area contributed by atoms with Crippen LogP contribution in [0.4, 0.5) is 23.2 Å². The molecular formula is C17H12F4N2O. The first-order chi connectivity index (χ1) is 11.3. The number of amides is 1. The van der Waals surface area contributed by atoms with Crippen molar-refractivity contribution in [2.45, 2.75) is 12.5 Å². The third kappa shape index (κ3) is 2.77. The molecule has 7 heteroatoms. The predicted octanol–water partition coefficient (Wildman–Crippen LogP) is 3.81. The van der Waals surface area contributed by atoms with Gasteiger partial charge in [-0.2, -0.15) is 13.2 Å². The minimum Gasteiger partial charge on any atom is -0.311 e. The van der Waals surface area contributed by atoms with Crippen LogP contribution in [0.1, 0.15) is 16.7 Å². The van der Waals surface area contributed by atoms with Crippen molar-refractivity contribution >= 4 is 17.3 Å². The highest BCUT2D eigenvalue weighted by Gasteiger charge is 2.34. The summed E-state index contributed by atoms with van der Waals surface area (Å²) in [5.41, 5.74) is -0.198. The van der Waals surface area contributed by atoms with E-state index in [0.29, 0.717) is 5.56 Å². The summed E-state index contributed by atoms with van der Waals surface area (Å²) in [6.45, 7) is 0. The number of likely N-dealkylation sites (N-methyl/N-ethyl adjacent to an activating group) is 1. The Bertz CT molecular complexity index is 815. The van der Waals surface area contributed by atoms with Crippen LogP contribution < -0.4 is 4.90 Å². The number of nitrogens with zero attached hydrogens (tertiary/aromatic N) is 2. The molecule has 0 fully saturated rings. The second-order valence-corrected chi connectivity index (χ2v) is 5.31. The standard InChI is InChI=1S/C17H12F4N2O/c1-23-13-8-7-11(17(19,20)21)9-12(13)14(22-15(18)16(23)24)10-5-3-2-4-6-10/h2-9,15H,1H3. The van der Waals surface area contributed by atoms with E-state index >= 15 is 0 Å². The number of hydrogen-bond acceptors (Lipinski definition) is 2. The third-order valence-corrected chi connectivity index (χ3v) is 3.76. The van der Waals surface area contributed by atoms with Crippen molar-refractivity contribution in [3.8, 4) is 0 Å². The lowest BCUT2D eigenvalue weighted by Crippen LogP contribution is -2.32. The zero-order valence-corrected chi connectivity index (χ0v) is 12.5. The summed E-state index contributed by atoms with van der Waals surface area (Å²) in [7, 11) is 1.31. The Morgan fingerprint density at radius 2 is 1.75 bits per heavy atom. The van der Waals surface area contributed by atoms with Crippen molar-refractivity contribution < 1.29 is 22.4 Å². The maximum absolute atomic E-state index is 14.1. The first kappa shape index (κ1) is 16.2. The van der Waals surface area contributed by atoms with Gasteiger partial charge in [0, 0.05) is 18.2 Å². The van der Waals surface area contributed by atoms with Gasteiger partial charge in [0.1, 0.15) is 0 Å². The lowest BCUT2D eigenvalue weighted by molar-refractivity contribution is -0.137. The van der Waals surface area contributed by atoms with E-state index in [2.05, 4.69) is 4.99 Å². The highest BCUT2D eigenvalue weighted by molar-refractivity contribution is 6.19. The molecule has 0 aliphatic carbocycles. The Labute approximate surface area is 135 Å². The molecule has 0 bridgehead atoms. The smallest absolute Gasteiger partial charge is 0.311 e. The molecule has 2 aromatic carbocycles. The van der Waals surface area contributed by atoms with Gasteiger partial charge in [0.05, 0.1) is 17.0 Å². The number of hydrogen-bond donors (Lipinski definition) is 0. The molecule has 124 valence electrons. The molecule has 0 radical (unpaired) electrons. The third-order valence-electron chi connectivity index (χ3n) is 3.76. The van der Waals surface area contributed by atoms with Crippen molar-refractivity contribution in [1.29, 1.82) is 0 Å². The summed E-state index contributed by atoms with van der Waals surface area (Å²) in [4.78, 5) is 16.7. The minimum absolute atomic E-state index is 0.0156. The summed E-state index contributed by atoms with van der Waals surface area (Å²) in [6, 6.07) is 11.2. The van der Waals surface area contributed by atoms with Crippen LogP contribution in [0.2, 0.25) is 0 Å². The fraction of sp³-hybridized carbons (Fsp3) is 0.176. The second-order valence-electron chi connectivity index (χ2n) is 5.31. The number of rotatable bonds is 1. The van der Waals surface area contributed by atoms with Gasteiger partial charge < -0.3 is 4.90 Å². The number of carbonyl (C=O) groups is 1. The molecule has 1 aliphatic heterocycles. The quantitative estimate of drug-likeness (QED) is 0.576. The topological polar surface area (TPSA) is 32.7 Å². The number of fused-ring (bicyclic) bond motifs is 1. The molecule has 24 heavy (non-hydrogen) atoms. The van der Waals surface area contributed by atoms with Crippen LogP contribution in [0.3, 0.4) is 0 Å². The van der Waals surface area contributed by atoms with Gasteiger partial charge in [-0.25, -0.2) is 9.38 Å². The SMILES string of the molecule is CN1C(=O)C(F)N=C(c2ccccc2)c2cc(C(F)(F)F)ccc21. The molecule has 0 saturated carbocycles. The monoisotopic (exact) mass is 336 g/mol. The van der Waals surface area contributed by atoms with Crippen molar-refractivity contribution in [1.82, 2.24) is 0 Å². The fourth-order valence-corrected chi connectivity index (χ4v) is 2.54. The van der Waals surface area contributed by atoms with E-state index in [9.17, 15) is 22.4 Å². The van der Waals surface area contributed by atoms with Gasteiger partial charge in [0.15, 0.2) is 0 Å². The lowest BCUT2D eigenvalue weighted by atomic mass is 9.98. The van der Waals surface area contributed by atoms with Gasteiger partial charge in [-0.3, -0.25) is 4.79 Å². The second kappa shape index (κ2) is 5.74. The Balaban J connectivity index is 2.28. The van der Waals surface area contributed by atoms with Crippen LogP contribution in [-0.2, 0) is 11.0 Å². The zero-order valence-electron chi connectivity index (χ0n) is 12.5. The largest absolute Gasteiger partial charge is 0.416 e. The lowest BCUT2D eigenvalue weighted by Gasteiger charge is -2.19. The molecule has 0 saturated heterocycles. The van der Waals surface area contributed by atoms with Crippen molar-refractivity contribution in [2.24, 2.45) is 4.99 Å².